The van der Waals surface area contributed by atoms with Gasteiger partial charge >= 0.3 is 0 Å². The first kappa shape index (κ1) is 24.0. The van der Waals surface area contributed by atoms with E-state index in [4.69, 9.17) is 11.6 Å². The molecule has 5 rings (SSSR count). The minimum absolute atomic E-state index is 0.102. The molecular formula is C27H28ClN3O3S. The Hall–Kier alpha value is -2.74. The number of aromatic nitrogens is 1. The summed E-state index contributed by atoms with van der Waals surface area (Å²) >= 11 is 7.58. The predicted molar refractivity (Wildman–Crippen MR) is 139 cm³/mol. The van der Waals surface area contributed by atoms with E-state index >= 15 is 0 Å². The number of thiazole rings is 1. The van der Waals surface area contributed by atoms with Crippen LogP contribution in [0.1, 0.15) is 64.7 Å². The van der Waals surface area contributed by atoms with Crippen molar-refractivity contribution in [1.29, 1.82) is 0 Å². The number of benzene rings is 2. The molecule has 2 aliphatic rings. The molecule has 3 aromatic rings. The van der Waals surface area contributed by atoms with Crippen LogP contribution in [-0.4, -0.2) is 27.9 Å². The summed E-state index contributed by atoms with van der Waals surface area (Å²) in [6.07, 6.45) is 3.32. The Kier molecular flexibility index (Phi) is 6.66. The van der Waals surface area contributed by atoms with Gasteiger partial charge < -0.3 is 15.3 Å². The number of amides is 2. The van der Waals surface area contributed by atoms with Gasteiger partial charge in [0, 0.05) is 39.5 Å². The largest absolute Gasteiger partial charge is 0.392 e. The van der Waals surface area contributed by atoms with Crippen molar-refractivity contribution < 1.29 is 14.7 Å². The standard InChI is InChI=1S/C27H28ClN3O3S/c1-15-3-9-22-24(11-15)35-27(29-22)30-25(33)13-20-16(2)31(23-10-4-17(14-32)12-21(20)23)26(34)18-5-7-19(28)8-6-18/h4-8,10,12,15-16,20,32H,3,9,11,13-14H2,1-2H3,(H,29,30,33). The SMILES string of the molecule is CC1CCc2nc(NC(=O)CC3c4cc(CO)ccc4N(C(=O)c4ccc(Cl)cc4)C3C)sc2C1. The lowest BCUT2D eigenvalue weighted by Crippen LogP contribution is -2.38. The number of rotatable bonds is 5. The quantitative estimate of drug-likeness (QED) is 0.470. The lowest BCUT2D eigenvalue weighted by Gasteiger charge is -2.25. The Morgan fingerprint density at radius 1 is 1.20 bits per heavy atom. The monoisotopic (exact) mass is 509 g/mol. The van der Waals surface area contributed by atoms with E-state index in [1.54, 1.807) is 40.5 Å². The van der Waals surface area contributed by atoms with Crippen molar-refractivity contribution >= 4 is 45.6 Å². The molecule has 6 nitrogen and oxygen atoms in total. The summed E-state index contributed by atoms with van der Waals surface area (Å²) in [6, 6.07) is 12.2. The number of aliphatic hydroxyl groups excluding tert-OH is 1. The third-order valence-electron chi connectivity index (χ3n) is 7.07. The predicted octanol–water partition coefficient (Wildman–Crippen LogP) is 5.57. The van der Waals surface area contributed by atoms with Gasteiger partial charge in [-0.3, -0.25) is 9.59 Å². The van der Waals surface area contributed by atoms with E-state index in [9.17, 15) is 14.7 Å². The van der Waals surface area contributed by atoms with Crippen LogP contribution >= 0.6 is 22.9 Å². The first-order valence-electron chi connectivity index (χ1n) is 11.9. The zero-order valence-corrected chi connectivity index (χ0v) is 21.3. The van der Waals surface area contributed by atoms with Crippen LogP contribution in [0.25, 0.3) is 0 Å². The van der Waals surface area contributed by atoms with E-state index in [-0.39, 0.29) is 36.8 Å². The minimum atomic E-state index is -0.238. The molecule has 1 aromatic heterocycles. The molecule has 2 amide bonds. The van der Waals surface area contributed by atoms with Gasteiger partial charge in [-0.25, -0.2) is 4.98 Å². The van der Waals surface area contributed by atoms with Crippen LogP contribution < -0.4 is 10.2 Å². The number of nitrogens with one attached hydrogen (secondary N) is 1. The molecule has 3 unspecified atom stereocenters. The fraction of sp³-hybridized carbons (Fsp3) is 0.370. The van der Waals surface area contributed by atoms with Crippen molar-refractivity contribution in [2.45, 2.75) is 58.1 Å². The summed E-state index contributed by atoms with van der Waals surface area (Å²) in [5.41, 5.74) is 4.06. The second-order valence-electron chi connectivity index (χ2n) is 9.57. The Morgan fingerprint density at radius 3 is 2.71 bits per heavy atom. The number of carbonyl (C=O) groups excluding carboxylic acids is 2. The first-order chi connectivity index (χ1) is 16.8. The van der Waals surface area contributed by atoms with Gasteiger partial charge in [-0.2, -0.15) is 0 Å². The number of fused-ring (bicyclic) bond motifs is 2. The van der Waals surface area contributed by atoms with Crippen molar-refractivity contribution in [2.24, 2.45) is 5.92 Å². The molecule has 0 saturated heterocycles. The van der Waals surface area contributed by atoms with Crippen LogP contribution in [0, 0.1) is 5.92 Å². The average Bonchev–Trinajstić information content (AvgIpc) is 3.35. The summed E-state index contributed by atoms with van der Waals surface area (Å²) < 4.78 is 0. The van der Waals surface area contributed by atoms with Gasteiger partial charge in [0.1, 0.15) is 0 Å². The van der Waals surface area contributed by atoms with Crippen molar-refractivity contribution in [1.82, 2.24) is 4.98 Å². The molecule has 0 bridgehead atoms. The second-order valence-corrected chi connectivity index (χ2v) is 11.1. The van der Waals surface area contributed by atoms with Gasteiger partial charge in [0.2, 0.25) is 5.91 Å². The smallest absolute Gasteiger partial charge is 0.258 e. The zero-order valence-electron chi connectivity index (χ0n) is 19.8. The molecule has 0 spiro atoms. The van der Waals surface area contributed by atoms with Crippen molar-refractivity contribution in [3.8, 4) is 0 Å². The Labute approximate surface area is 214 Å². The zero-order chi connectivity index (χ0) is 24.7. The maximum atomic E-state index is 13.5. The molecule has 2 aromatic carbocycles. The second kappa shape index (κ2) is 9.72. The van der Waals surface area contributed by atoms with Crippen molar-refractivity contribution in [2.75, 3.05) is 10.2 Å². The average molecular weight is 510 g/mol. The van der Waals surface area contributed by atoms with Crippen molar-refractivity contribution in [3.63, 3.8) is 0 Å². The Morgan fingerprint density at radius 2 is 1.97 bits per heavy atom. The number of anilines is 2. The molecule has 0 saturated carbocycles. The highest BCUT2D eigenvalue weighted by Crippen LogP contribution is 2.44. The molecule has 35 heavy (non-hydrogen) atoms. The third-order valence-corrected chi connectivity index (χ3v) is 8.36. The fourth-order valence-corrected chi connectivity index (χ4v) is 6.46. The molecule has 0 fully saturated rings. The summed E-state index contributed by atoms with van der Waals surface area (Å²) in [7, 11) is 0. The van der Waals surface area contributed by atoms with Crippen LogP contribution in [0.3, 0.4) is 0 Å². The van der Waals surface area contributed by atoms with Gasteiger partial charge in [0.15, 0.2) is 5.13 Å². The normalized spacial score (nSPS) is 20.9. The van der Waals surface area contributed by atoms with Gasteiger partial charge in [-0.05, 0) is 73.6 Å². The molecule has 0 radical (unpaired) electrons. The topological polar surface area (TPSA) is 82.5 Å². The summed E-state index contributed by atoms with van der Waals surface area (Å²) in [6.45, 7) is 4.11. The van der Waals surface area contributed by atoms with Gasteiger partial charge in [0.05, 0.1) is 12.3 Å². The molecule has 2 N–H and O–H groups in total. The lowest BCUT2D eigenvalue weighted by atomic mass is 9.91. The van der Waals surface area contributed by atoms with E-state index in [0.29, 0.717) is 21.6 Å². The Balaban J connectivity index is 1.39. The van der Waals surface area contributed by atoms with E-state index < -0.39 is 0 Å². The van der Waals surface area contributed by atoms with Crippen LogP contribution in [0.2, 0.25) is 5.02 Å². The molecule has 182 valence electrons. The number of nitrogens with zero attached hydrogens (tertiary/aromatic N) is 2. The number of carbonyl (C=O) groups is 2. The van der Waals surface area contributed by atoms with E-state index in [0.717, 1.165) is 41.8 Å². The molecule has 2 heterocycles. The molecule has 1 aliphatic heterocycles. The number of hydrogen-bond donors (Lipinski definition) is 2. The minimum Gasteiger partial charge on any atom is -0.392 e. The first-order valence-corrected chi connectivity index (χ1v) is 13.1. The number of aryl methyl sites for hydroxylation is 1. The fourth-order valence-electron chi connectivity index (χ4n) is 5.15. The van der Waals surface area contributed by atoms with Crippen LogP contribution in [0.4, 0.5) is 10.8 Å². The third kappa shape index (κ3) is 4.73. The summed E-state index contributed by atoms with van der Waals surface area (Å²) in [4.78, 5) is 34.3. The highest BCUT2D eigenvalue weighted by Gasteiger charge is 2.40. The van der Waals surface area contributed by atoms with Gasteiger partial charge in [-0.15, -0.1) is 11.3 Å². The Bertz CT molecular complexity index is 1270. The maximum absolute atomic E-state index is 13.5. The molecule has 8 heteroatoms. The molecule has 3 atom stereocenters. The summed E-state index contributed by atoms with van der Waals surface area (Å²) in [5, 5.41) is 13.9. The highest BCUT2D eigenvalue weighted by atomic mass is 35.5. The number of halogens is 1. The lowest BCUT2D eigenvalue weighted by molar-refractivity contribution is -0.116. The van der Waals surface area contributed by atoms with E-state index in [1.165, 1.54) is 4.88 Å². The van der Waals surface area contributed by atoms with E-state index in [1.807, 2.05) is 25.1 Å². The van der Waals surface area contributed by atoms with Crippen LogP contribution in [-0.2, 0) is 24.2 Å². The van der Waals surface area contributed by atoms with Gasteiger partial charge in [-0.1, -0.05) is 30.7 Å². The maximum Gasteiger partial charge on any atom is 0.258 e. The number of hydrogen-bond acceptors (Lipinski definition) is 5. The highest BCUT2D eigenvalue weighted by molar-refractivity contribution is 7.15. The van der Waals surface area contributed by atoms with Crippen LogP contribution in [0.5, 0.6) is 0 Å². The number of aliphatic hydroxyl groups is 1. The molecule has 1 aliphatic carbocycles. The van der Waals surface area contributed by atoms with E-state index in [2.05, 4.69) is 17.2 Å². The van der Waals surface area contributed by atoms with Gasteiger partial charge in [0.25, 0.3) is 5.91 Å². The molecular weight excluding hydrogens is 482 g/mol. The van der Waals surface area contributed by atoms with Crippen molar-refractivity contribution in [3.05, 3.63) is 74.7 Å². The van der Waals surface area contributed by atoms with Crippen LogP contribution in [0.15, 0.2) is 42.5 Å². The summed E-state index contributed by atoms with van der Waals surface area (Å²) in [5.74, 6) is 0.175.